The van der Waals surface area contributed by atoms with Gasteiger partial charge >= 0.3 is 0 Å². The molecule has 2 aliphatic carbocycles. The highest BCUT2D eigenvalue weighted by atomic mass is 31.0. The number of allylic oxidation sites excluding steroid dienone is 2. The van der Waals surface area contributed by atoms with Gasteiger partial charge in [0.05, 0.1) is 11.6 Å². The van der Waals surface area contributed by atoms with Gasteiger partial charge in [-0.3, -0.25) is 9.80 Å². The molecule has 0 aromatic rings. The number of hydrogen-bond donors (Lipinski definition) is 1. The lowest BCUT2D eigenvalue weighted by Gasteiger charge is -2.41. The van der Waals surface area contributed by atoms with Crippen LogP contribution in [0.3, 0.4) is 0 Å². The van der Waals surface area contributed by atoms with E-state index in [-0.39, 0.29) is 5.54 Å². The molecule has 4 nitrogen and oxygen atoms in total. The van der Waals surface area contributed by atoms with Gasteiger partial charge in [0.25, 0.3) is 0 Å². The summed E-state index contributed by atoms with van der Waals surface area (Å²) in [6, 6.07) is 2.12. The van der Waals surface area contributed by atoms with Gasteiger partial charge in [0.2, 0.25) is 0 Å². The normalized spacial score (nSPS) is 30.7. The van der Waals surface area contributed by atoms with E-state index in [1.165, 1.54) is 30.1 Å². The fourth-order valence-electron chi connectivity index (χ4n) is 5.66. The summed E-state index contributed by atoms with van der Waals surface area (Å²) in [6.45, 7) is 21.2. The zero-order valence-electron chi connectivity index (χ0n) is 23.6. The maximum Gasteiger partial charge on any atom is 0.0570 e. The van der Waals surface area contributed by atoms with Crippen LogP contribution < -0.4 is 5.73 Å². The third-order valence-electron chi connectivity index (χ3n) is 7.45. The zero-order chi connectivity index (χ0) is 25.9. The first-order valence-corrected chi connectivity index (χ1v) is 14.3. The molecule has 5 unspecified atom stereocenters. The van der Waals surface area contributed by atoms with Crippen molar-refractivity contribution in [3.63, 3.8) is 0 Å². The first-order chi connectivity index (χ1) is 16.3. The summed E-state index contributed by atoms with van der Waals surface area (Å²) in [4.78, 5) is 7.52. The summed E-state index contributed by atoms with van der Waals surface area (Å²) < 4.78 is 0. The van der Waals surface area contributed by atoms with Crippen LogP contribution in [-0.4, -0.2) is 64.5 Å². The average Bonchev–Trinajstić information content (AvgIpc) is 3.43. The number of nitrogens with two attached hydrogens (primary N) is 1. The van der Waals surface area contributed by atoms with Crippen LogP contribution in [-0.2, 0) is 0 Å². The minimum absolute atomic E-state index is 0.237. The van der Waals surface area contributed by atoms with Gasteiger partial charge in [-0.15, -0.1) is 9.24 Å². The Kier molecular flexibility index (Phi) is 13.9. The van der Waals surface area contributed by atoms with Crippen LogP contribution >= 0.6 is 9.24 Å². The van der Waals surface area contributed by atoms with Crippen LogP contribution in [0.25, 0.3) is 0 Å². The summed E-state index contributed by atoms with van der Waals surface area (Å²) in [6.07, 6.45) is 18.3. The molecule has 2 N–H and O–H groups in total. The van der Waals surface area contributed by atoms with Crippen molar-refractivity contribution in [2.24, 2.45) is 5.73 Å². The van der Waals surface area contributed by atoms with E-state index in [1.54, 1.807) is 0 Å². The molecule has 1 saturated carbocycles. The lowest BCUT2D eigenvalue weighted by Crippen LogP contribution is -2.47. The topological polar surface area (TPSA) is 35.5 Å². The molecule has 0 bridgehead atoms. The molecule has 1 saturated heterocycles. The van der Waals surface area contributed by atoms with Crippen molar-refractivity contribution in [2.75, 3.05) is 20.1 Å². The van der Waals surface area contributed by atoms with Crippen LogP contribution in [0.2, 0.25) is 0 Å². The van der Waals surface area contributed by atoms with Gasteiger partial charge in [-0.1, -0.05) is 59.4 Å². The molecule has 2 fully saturated rings. The van der Waals surface area contributed by atoms with E-state index < -0.39 is 0 Å². The highest BCUT2D eigenvalue weighted by Gasteiger charge is 2.56. The fourth-order valence-corrected chi connectivity index (χ4v) is 6.11. The van der Waals surface area contributed by atoms with Crippen molar-refractivity contribution in [2.45, 2.75) is 117 Å². The van der Waals surface area contributed by atoms with Gasteiger partial charge in [0.15, 0.2) is 0 Å². The van der Waals surface area contributed by atoms with Crippen LogP contribution in [0.15, 0.2) is 48.1 Å². The monoisotopic (exact) mass is 490 g/mol. The Morgan fingerprint density at radius 3 is 2.41 bits per heavy atom. The molecule has 3 aliphatic rings. The second-order valence-corrected chi connectivity index (χ2v) is 10.3. The highest BCUT2D eigenvalue weighted by molar-refractivity contribution is 7.22. The Labute approximate surface area is 214 Å². The average molecular weight is 491 g/mol. The molecule has 5 atom stereocenters. The van der Waals surface area contributed by atoms with Crippen LogP contribution in [0.1, 0.15) is 87.0 Å². The fraction of sp³-hybridized carbons (Fsp3) is 0.724. The van der Waals surface area contributed by atoms with E-state index in [4.69, 9.17) is 5.73 Å². The molecule has 5 heteroatoms. The Balaban J connectivity index is 0.00000137. The summed E-state index contributed by atoms with van der Waals surface area (Å²) >= 11 is 0. The van der Waals surface area contributed by atoms with E-state index in [9.17, 15) is 0 Å². The number of nitrogens with zero attached hydrogens (tertiary/aromatic N) is 3. The highest BCUT2D eigenvalue weighted by Crippen LogP contribution is 2.47. The van der Waals surface area contributed by atoms with Gasteiger partial charge in [0, 0.05) is 44.5 Å². The Morgan fingerprint density at radius 1 is 1.26 bits per heavy atom. The molecule has 196 valence electrons. The molecular formula is C29H55N4P. The quantitative estimate of drug-likeness (QED) is 0.279. The first kappa shape index (κ1) is 31.1. The molecule has 0 aromatic heterocycles. The van der Waals surface area contributed by atoms with E-state index >= 15 is 0 Å². The van der Waals surface area contributed by atoms with Crippen molar-refractivity contribution in [3.05, 3.63) is 48.1 Å². The summed E-state index contributed by atoms with van der Waals surface area (Å²) in [7, 11) is 4.92. The van der Waals surface area contributed by atoms with E-state index in [0.717, 1.165) is 32.4 Å². The maximum absolute atomic E-state index is 6.22. The number of hydrogen-bond acceptors (Lipinski definition) is 4. The van der Waals surface area contributed by atoms with Crippen LogP contribution in [0.5, 0.6) is 0 Å². The molecular weight excluding hydrogens is 435 g/mol. The van der Waals surface area contributed by atoms with E-state index in [0.29, 0.717) is 24.2 Å². The molecule has 0 aromatic carbocycles. The number of rotatable bonds is 10. The van der Waals surface area contributed by atoms with E-state index in [2.05, 4.69) is 82.8 Å². The number of fused-ring (bicyclic) bond motifs is 1. The van der Waals surface area contributed by atoms with Gasteiger partial charge in [-0.05, 0) is 69.5 Å². The molecule has 1 heterocycles. The molecule has 1 aliphatic heterocycles. The molecule has 3 rings (SSSR count). The predicted octanol–water partition coefficient (Wildman–Crippen LogP) is 6.53. The van der Waals surface area contributed by atoms with Gasteiger partial charge in [0.1, 0.15) is 0 Å². The summed E-state index contributed by atoms with van der Waals surface area (Å²) in [5.41, 5.74) is 7.89. The van der Waals surface area contributed by atoms with Crippen molar-refractivity contribution in [1.29, 1.82) is 0 Å². The minimum atomic E-state index is 0.237. The first-order valence-electron chi connectivity index (χ1n) is 13.8. The molecule has 0 radical (unpaired) electrons. The maximum atomic E-state index is 6.22. The molecule has 0 amide bonds. The second kappa shape index (κ2) is 15.2. The van der Waals surface area contributed by atoms with Crippen LogP contribution in [0.4, 0.5) is 0 Å². The largest absolute Gasteiger partial charge is 0.358 e. The lowest BCUT2D eigenvalue weighted by atomic mass is 9.88. The summed E-state index contributed by atoms with van der Waals surface area (Å²) in [5, 5.41) is 1.31. The standard InChI is InChI=1S/C25H43N4P.2C2H6/c1-6-23(19(3)18-27(5)7-2)28(21-11-9-20(26)10-12-21)15-8-16-29-24-14-13-22(30)17-25(24,29)4;2*1-2/h7,13-14,17-18,20-21,23-24H,2,6,8-12,15-16,26,30H2,1,3-5H3;2*1-2H3/b19-18+;;. The SMILES string of the molecule is C=CN(C)/C=C(\C)C(CC)N(CCCN1C2C=CC(P)=CC21C)C1CCC(N)CC1.CC.CC. The van der Waals surface area contributed by atoms with Crippen molar-refractivity contribution < 1.29 is 0 Å². The van der Waals surface area contributed by atoms with Gasteiger partial charge in [-0.25, -0.2) is 0 Å². The predicted molar refractivity (Wildman–Crippen MR) is 156 cm³/mol. The van der Waals surface area contributed by atoms with Gasteiger partial charge in [-0.2, -0.15) is 0 Å². The molecule has 0 spiro atoms. The third kappa shape index (κ3) is 8.05. The second-order valence-electron chi connectivity index (χ2n) is 9.67. The smallest absolute Gasteiger partial charge is 0.0570 e. The van der Waals surface area contributed by atoms with Gasteiger partial charge < -0.3 is 10.6 Å². The lowest BCUT2D eigenvalue weighted by molar-refractivity contribution is 0.108. The molecule has 34 heavy (non-hydrogen) atoms. The van der Waals surface area contributed by atoms with Crippen molar-refractivity contribution in [3.8, 4) is 0 Å². The van der Waals surface area contributed by atoms with Crippen LogP contribution in [0, 0.1) is 0 Å². The Morgan fingerprint density at radius 2 is 1.88 bits per heavy atom. The third-order valence-corrected chi connectivity index (χ3v) is 7.81. The zero-order valence-corrected chi connectivity index (χ0v) is 24.7. The van der Waals surface area contributed by atoms with E-state index in [1.807, 2.05) is 33.9 Å². The summed E-state index contributed by atoms with van der Waals surface area (Å²) in [5.74, 6) is 0. The Hall–Kier alpha value is -0.930. The van der Waals surface area contributed by atoms with Crippen molar-refractivity contribution in [1.82, 2.24) is 14.7 Å². The minimum Gasteiger partial charge on any atom is -0.358 e. The Bertz CT molecular complexity index is 692. The van der Waals surface area contributed by atoms with Crippen molar-refractivity contribution >= 4 is 9.24 Å².